The Hall–Kier alpha value is -3.48. The minimum absolute atomic E-state index is 0.167. The average molecular weight is 532 g/mol. The number of para-hydroxylation sites is 1. The number of furan rings is 1. The third-order valence-corrected chi connectivity index (χ3v) is 9.22. The van der Waals surface area contributed by atoms with Crippen molar-refractivity contribution in [3.05, 3.63) is 96.1 Å². The molecule has 0 saturated carbocycles. The fraction of sp³-hybridized carbons (Fsp3) is 0.233. The van der Waals surface area contributed by atoms with E-state index in [1.165, 1.54) is 14.2 Å². The minimum Gasteiger partial charge on any atom is -0.480 e. The second kappa shape index (κ2) is 11.1. The van der Waals surface area contributed by atoms with E-state index in [9.17, 15) is 14.5 Å². The Labute approximate surface area is 220 Å². The average Bonchev–Trinajstić information content (AvgIpc) is 3.32. The van der Waals surface area contributed by atoms with Gasteiger partial charge in [-0.15, -0.1) is 0 Å². The first kappa shape index (κ1) is 26.1. The Morgan fingerprint density at radius 2 is 1.58 bits per heavy atom. The van der Waals surface area contributed by atoms with Gasteiger partial charge in [0.25, 0.3) is 0 Å². The predicted molar refractivity (Wildman–Crippen MR) is 150 cm³/mol. The summed E-state index contributed by atoms with van der Waals surface area (Å²) >= 11 is 0. The van der Waals surface area contributed by atoms with E-state index in [1.54, 1.807) is 0 Å². The summed E-state index contributed by atoms with van der Waals surface area (Å²) in [5.74, 6) is -1.88. The first-order valence-electron chi connectivity index (χ1n) is 12.5. The summed E-state index contributed by atoms with van der Waals surface area (Å²) in [4.78, 5) is 12.3. The lowest BCUT2D eigenvalue weighted by molar-refractivity contribution is -0.139. The van der Waals surface area contributed by atoms with Crippen molar-refractivity contribution in [3.63, 3.8) is 0 Å². The van der Waals surface area contributed by atoms with Gasteiger partial charge in [0.1, 0.15) is 23.0 Å². The fourth-order valence-electron chi connectivity index (χ4n) is 5.05. The molecule has 38 heavy (non-hydrogen) atoms. The maximum Gasteiger partial charge on any atom is 0.346 e. The minimum atomic E-state index is -3.64. The number of aliphatic carboxylic acids is 1. The number of carboxylic acids is 1. The van der Waals surface area contributed by atoms with E-state index in [4.69, 9.17) is 13.5 Å². The molecule has 5 aromatic rings. The molecule has 0 aliphatic carbocycles. The van der Waals surface area contributed by atoms with Crippen LogP contribution in [0.4, 0.5) is 0 Å². The molecule has 196 valence electrons. The van der Waals surface area contributed by atoms with Gasteiger partial charge in [-0.05, 0) is 53.3 Å². The van der Waals surface area contributed by atoms with E-state index < -0.39 is 25.4 Å². The van der Waals surface area contributed by atoms with Crippen molar-refractivity contribution in [2.75, 3.05) is 14.2 Å². The molecule has 1 heterocycles. The van der Waals surface area contributed by atoms with E-state index in [0.29, 0.717) is 18.4 Å². The molecule has 8 heteroatoms. The summed E-state index contributed by atoms with van der Waals surface area (Å²) in [7, 11) is -0.996. The molecule has 0 unspecified atom stereocenters. The third-order valence-electron chi connectivity index (χ3n) is 7.03. The highest BCUT2D eigenvalue weighted by Gasteiger charge is 2.37. The Morgan fingerprint density at radius 3 is 2.34 bits per heavy atom. The maximum absolute atomic E-state index is 13.5. The number of aryl methyl sites for hydroxylation is 1. The van der Waals surface area contributed by atoms with Crippen molar-refractivity contribution in [2.24, 2.45) is 0 Å². The van der Waals surface area contributed by atoms with Crippen LogP contribution < -0.4 is 5.32 Å². The number of carboxylic acid groups (broad SMARTS) is 1. The predicted octanol–water partition coefficient (Wildman–Crippen LogP) is 6.77. The highest BCUT2D eigenvalue weighted by atomic mass is 31.2. The molecule has 5 rings (SSSR count). The molecule has 0 aliphatic heterocycles. The van der Waals surface area contributed by atoms with Gasteiger partial charge in [0, 0.05) is 25.0 Å². The SMILES string of the molecule is COP(=O)(OC)[C@@H](CCc1cccc2ccccc12)N[C@@H](Cc1ccc2c(c1)oc1ccccc12)C(=O)O. The van der Waals surface area contributed by atoms with Crippen LogP contribution in [0.15, 0.2) is 89.3 Å². The van der Waals surface area contributed by atoms with Crippen LogP contribution in [0.25, 0.3) is 32.7 Å². The summed E-state index contributed by atoms with van der Waals surface area (Å²) in [6.45, 7) is 0. The fourth-order valence-corrected chi connectivity index (χ4v) is 6.51. The second-order valence-electron chi connectivity index (χ2n) is 9.29. The molecule has 0 bridgehead atoms. The zero-order valence-corrected chi connectivity index (χ0v) is 22.2. The first-order chi connectivity index (χ1) is 18.4. The number of hydrogen-bond donors (Lipinski definition) is 2. The van der Waals surface area contributed by atoms with Crippen LogP contribution in [0.1, 0.15) is 17.5 Å². The molecule has 0 amide bonds. The van der Waals surface area contributed by atoms with Crippen LogP contribution in [0.3, 0.4) is 0 Å². The van der Waals surface area contributed by atoms with Crippen LogP contribution in [-0.2, 0) is 31.2 Å². The normalized spacial score (nSPS) is 13.7. The van der Waals surface area contributed by atoms with Gasteiger partial charge in [0.2, 0.25) is 0 Å². The summed E-state index contributed by atoms with van der Waals surface area (Å²) < 4.78 is 30.1. The molecule has 0 saturated heterocycles. The quantitative estimate of drug-likeness (QED) is 0.182. The number of nitrogens with one attached hydrogen (secondary N) is 1. The van der Waals surface area contributed by atoms with Crippen molar-refractivity contribution in [3.8, 4) is 0 Å². The lowest BCUT2D eigenvalue weighted by Crippen LogP contribution is -2.45. The van der Waals surface area contributed by atoms with Crippen LogP contribution >= 0.6 is 7.60 Å². The van der Waals surface area contributed by atoms with E-state index in [2.05, 4.69) is 5.32 Å². The van der Waals surface area contributed by atoms with E-state index in [-0.39, 0.29) is 6.42 Å². The standard InChI is InChI=1S/C30H30NO6P/c1-35-38(34,36-2)29(17-15-22-10-7-9-21-8-3-4-11-23(21)22)31-26(30(32)33)18-20-14-16-25-24-12-5-6-13-27(24)37-28(25)19-20/h3-14,16,19,26,29,31H,15,17-18H2,1-2H3,(H,32,33)/t26-,29-/m0/s1. The molecule has 4 aromatic carbocycles. The highest BCUT2D eigenvalue weighted by Crippen LogP contribution is 2.52. The molecular weight excluding hydrogens is 501 g/mol. The van der Waals surface area contributed by atoms with Gasteiger partial charge in [-0.25, -0.2) is 0 Å². The van der Waals surface area contributed by atoms with Crippen LogP contribution in [0, 0.1) is 0 Å². The zero-order valence-electron chi connectivity index (χ0n) is 21.3. The van der Waals surface area contributed by atoms with Crippen LogP contribution in [0.5, 0.6) is 0 Å². The van der Waals surface area contributed by atoms with Gasteiger partial charge in [-0.2, -0.15) is 0 Å². The number of hydrogen-bond acceptors (Lipinski definition) is 6. The lowest BCUT2D eigenvalue weighted by atomic mass is 10.0. The van der Waals surface area contributed by atoms with Gasteiger partial charge in [0.15, 0.2) is 0 Å². The molecule has 0 aliphatic rings. The van der Waals surface area contributed by atoms with Gasteiger partial charge in [-0.3, -0.25) is 14.7 Å². The molecule has 0 spiro atoms. The van der Waals surface area contributed by atoms with E-state index >= 15 is 0 Å². The Kier molecular flexibility index (Phi) is 7.63. The molecule has 7 nitrogen and oxygen atoms in total. The van der Waals surface area contributed by atoms with Crippen LogP contribution in [0.2, 0.25) is 0 Å². The first-order valence-corrected chi connectivity index (χ1v) is 14.1. The molecule has 1 aromatic heterocycles. The molecule has 0 fully saturated rings. The van der Waals surface area contributed by atoms with E-state index in [1.807, 2.05) is 84.9 Å². The van der Waals surface area contributed by atoms with Crippen molar-refractivity contribution >= 4 is 46.3 Å². The van der Waals surface area contributed by atoms with Crippen molar-refractivity contribution in [1.29, 1.82) is 0 Å². The topological polar surface area (TPSA) is 98.0 Å². The summed E-state index contributed by atoms with van der Waals surface area (Å²) in [5.41, 5.74) is 3.34. The van der Waals surface area contributed by atoms with Crippen molar-refractivity contribution < 1.29 is 27.9 Å². The summed E-state index contributed by atoms with van der Waals surface area (Å²) in [6.07, 6.45) is 1.09. The molecule has 0 radical (unpaired) electrons. The Balaban J connectivity index is 1.40. The van der Waals surface area contributed by atoms with E-state index in [0.717, 1.165) is 38.3 Å². The van der Waals surface area contributed by atoms with Gasteiger partial charge < -0.3 is 18.6 Å². The van der Waals surface area contributed by atoms with Crippen molar-refractivity contribution in [2.45, 2.75) is 31.1 Å². The Bertz CT molecular complexity index is 1630. The maximum atomic E-state index is 13.5. The van der Waals surface area contributed by atoms with Gasteiger partial charge >= 0.3 is 13.6 Å². The molecular formula is C30H30NO6P. The third kappa shape index (κ3) is 5.24. The number of benzene rings is 4. The smallest absolute Gasteiger partial charge is 0.346 e. The second-order valence-corrected chi connectivity index (χ2v) is 11.7. The monoisotopic (exact) mass is 531 g/mol. The van der Waals surface area contributed by atoms with Gasteiger partial charge in [-0.1, -0.05) is 72.8 Å². The van der Waals surface area contributed by atoms with Crippen molar-refractivity contribution in [1.82, 2.24) is 5.32 Å². The number of rotatable bonds is 11. The lowest BCUT2D eigenvalue weighted by Gasteiger charge is -2.28. The molecule has 2 N–H and O–H groups in total. The molecule has 2 atom stereocenters. The van der Waals surface area contributed by atoms with Gasteiger partial charge in [0.05, 0.1) is 0 Å². The highest BCUT2D eigenvalue weighted by molar-refractivity contribution is 7.54. The summed E-state index contributed by atoms with van der Waals surface area (Å²) in [6, 6.07) is 26.6. The van der Waals surface area contributed by atoms with Crippen LogP contribution in [-0.4, -0.2) is 37.1 Å². The number of fused-ring (bicyclic) bond motifs is 4. The summed E-state index contributed by atoms with van der Waals surface area (Å²) in [5, 5.41) is 17.4. The number of carbonyl (C=O) groups is 1. The zero-order chi connectivity index (χ0) is 26.7. The largest absolute Gasteiger partial charge is 0.480 e. The Morgan fingerprint density at radius 1 is 0.895 bits per heavy atom.